The molecule has 3 heteroatoms. The van der Waals surface area contributed by atoms with E-state index in [2.05, 4.69) is 11.5 Å². The maximum absolute atomic E-state index is 13.3. The number of rotatable bonds is 3. The number of nitrogens with zero attached hydrogens (tertiary/aromatic N) is 1. The summed E-state index contributed by atoms with van der Waals surface area (Å²) < 4.78 is 18.8. The monoisotopic (exact) mass is 199 g/mol. The predicted octanol–water partition coefficient (Wildman–Crippen LogP) is 1.77. The first-order chi connectivity index (χ1) is 6.66. The topological polar surface area (TPSA) is 12.5 Å². The van der Waals surface area contributed by atoms with Gasteiger partial charge in [-0.25, -0.2) is 4.39 Å². The first-order valence-corrected chi connectivity index (χ1v) is 5.30. The lowest BCUT2D eigenvalue weighted by Crippen LogP contribution is -2.42. The molecule has 80 valence electrons. The van der Waals surface area contributed by atoms with Crippen molar-refractivity contribution >= 4 is 0 Å². The van der Waals surface area contributed by atoms with Gasteiger partial charge in [-0.05, 0) is 13.3 Å². The average Bonchev–Trinajstić information content (AvgIpc) is 2.53. The zero-order valence-corrected chi connectivity index (χ0v) is 8.76. The lowest BCUT2D eigenvalue weighted by molar-refractivity contribution is 0.0415. The molecule has 2 rings (SSSR count). The Balaban J connectivity index is 2.08. The highest BCUT2D eigenvalue weighted by atomic mass is 19.1. The molecule has 0 aromatic carbocycles. The summed E-state index contributed by atoms with van der Waals surface area (Å²) in [5, 5.41) is 0. The highest BCUT2D eigenvalue weighted by Gasteiger charge is 2.49. The van der Waals surface area contributed by atoms with Crippen molar-refractivity contribution in [1.29, 1.82) is 0 Å². The van der Waals surface area contributed by atoms with Crippen LogP contribution in [0.15, 0.2) is 12.2 Å². The van der Waals surface area contributed by atoms with Gasteiger partial charge in [0.2, 0.25) is 0 Å². The second-order valence-electron chi connectivity index (χ2n) is 4.47. The van der Waals surface area contributed by atoms with Crippen LogP contribution in [-0.2, 0) is 4.74 Å². The fourth-order valence-corrected chi connectivity index (χ4v) is 2.74. The number of hydrogen-bond acceptors (Lipinski definition) is 2. The Bertz CT molecular complexity index is 243. The van der Waals surface area contributed by atoms with Crippen molar-refractivity contribution in [3.63, 3.8) is 0 Å². The third-order valence-electron chi connectivity index (χ3n) is 3.26. The van der Waals surface area contributed by atoms with Crippen LogP contribution in [0.25, 0.3) is 0 Å². The molecule has 2 nitrogen and oxygen atoms in total. The minimum Gasteiger partial charge on any atom is -0.380 e. The van der Waals surface area contributed by atoms with Crippen LogP contribution in [0.5, 0.6) is 0 Å². The summed E-state index contributed by atoms with van der Waals surface area (Å²) in [6, 6.07) is 0. The SMILES string of the molecule is C=C1CN2CC(F)CC2(COCC)C1. The molecule has 2 atom stereocenters. The van der Waals surface area contributed by atoms with Crippen LogP contribution in [0.1, 0.15) is 19.8 Å². The highest BCUT2D eigenvalue weighted by Crippen LogP contribution is 2.41. The maximum Gasteiger partial charge on any atom is 0.115 e. The van der Waals surface area contributed by atoms with Crippen molar-refractivity contribution < 1.29 is 9.13 Å². The summed E-state index contributed by atoms with van der Waals surface area (Å²) >= 11 is 0. The van der Waals surface area contributed by atoms with Crippen LogP contribution < -0.4 is 0 Å². The van der Waals surface area contributed by atoms with E-state index in [9.17, 15) is 4.39 Å². The van der Waals surface area contributed by atoms with E-state index in [-0.39, 0.29) is 5.54 Å². The van der Waals surface area contributed by atoms with Crippen LogP contribution in [0, 0.1) is 0 Å². The standard InChI is InChI=1S/C11H18FNO/c1-3-14-8-11-4-9(2)6-13(11)7-10(12)5-11/h10H,2-8H2,1H3. The number of hydrogen-bond donors (Lipinski definition) is 0. The Morgan fingerprint density at radius 2 is 2.50 bits per heavy atom. The van der Waals surface area contributed by atoms with E-state index >= 15 is 0 Å². The Morgan fingerprint density at radius 1 is 1.71 bits per heavy atom. The van der Waals surface area contributed by atoms with Gasteiger partial charge in [0.05, 0.1) is 12.1 Å². The Kier molecular flexibility index (Phi) is 2.62. The van der Waals surface area contributed by atoms with Crippen LogP contribution >= 0.6 is 0 Å². The van der Waals surface area contributed by atoms with Gasteiger partial charge in [0.15, 0.2) is 0 Å². The minimum atomic E-state index is -0.677. The van der Waals surface area contributed by atoms with E-state index in [4.69, 9.17) is 4.74 Å². The van der Waals surface area contributed by atoms with Crippen molar-refractivity contribution in [1.82, 2.24) is 4.90 Å². The molecule has 14 heavy (non-hydrogen) atoms. The van der Waals surface area contributed by atoms with E-state index in [0.29, 0.717) is 26.2 Å². The number of fused-ring (bicyclic) bond motifs is 1. The van der Waals surface area contributed by atoms with Crippen molar-refractivity contribution in [2.75, 3.05) is 26.3 Å². The molecule has 2 saturated heterocycles. The molecule has 0 saturated carbocycles. The van der Waals surface area contributed by atoms with E-state index < -0.39 is 6.17 Å². The van der Waals surface area contributed by atoms with Crippen LogP contribution in [-0.4, -0.2) is 42.9 Å². The second kappa shape index (κ2) is 3.63. The molecular weight excluding hydrogens is 181 g/mol. The quantitative estimate of drug-likeness (QED) is 0.642. The zero-order chi connectivity index (χ0) is 10.2. The maximum atomic E-state index is 13.3. The van der Waals surface area contributed by atoms with Gasteiger partial charge >= 0.3 is 0 Å². The third kappa shape index (κ3) is 1.59. The number of alkyl halides is 1. The van der Waals surface area contributed by atoms with E-state index in [1.54, 1.807) is 0 Å². The lowest BCUT2D eigenvalue weighted by atomic mass is 9.93. The Hall–Kier alpha value is -0.410. The fourth-order valence-electron chi connectivity index (χ4n) is 2.74. The van der Waals surface area contributed by atoms with E-state index in [1.807, 2.05) is 6.92 Å². The fraction of sp³-hybridized carbons (Fsp3) is 0.818. The molecule has 0 bridgehead atoms. The summed E-state index contributed by atoms with van der Waals surface area (Å²) in [5.74, 6) is 0. The average molecular weight is 199 g/mol. The lowest BCUT2D eigenvalue weighted by Gasteiger charge is -2.30. The number of ether oxygens (including phenoxy) is 1. The van der Waals surface area contributed by atoms with Crippen molar-refractivity contribution in [3.8, 4) is 0 Å². The molecule has 0 aliphatic carbocycles. The molecule has 0 amide bonds. The Morgan fingerprint density at radius 3 is 3.21 bits per heavy atom. The van der Waals surface area contributed by atoms with Crippen LogP contribution in [0.2, 0.25) is 0 Å². The van der Waals surface area contributed by atoms with Gasteiger partial charge in [-0.2, -0.15) is 0 Å². The highest BCUT2D eigenvalue weighted by molar-refractivity contribution is 5.19. The normalized spacial score (nSPS) is 37.9. The minimum absolute atomic E-state index is 0.0630. The van der Waals surface area contributed by atoms with Crippen molar-refractivity contribution in [3.05, 3.63) is 12.2 Å². The summed E-state index contributed by atoms with van der Waals surface area (Å²) in [6.07, 6.45) is 0.850. The van der Waals surface area contributed by atoms with Gasteiger partial charge in [-0.1, -0.05) is 12.2 Å². The van der Waals surface area contributed by atoms with E-state index in [0.717, 1.165) is 13.0 Å². The summed E-state index contributed by atoms with van der Waals surface area (Å²) in [7, 11) is 0. The van der Waals surface area contributed by atoms with E-state index in [1.165, 1.54) is 5.57 Å². The molecule has 0 aromatic rings. The molecule has 2 unspecified atom stereocenters. The molecule has 0 N–H and O–H groups in total. The largest absolute Gasteiger partial charge is 0.380 e. The van der Waals surface area contributed by atoms with Crippen LogP contribution in [0.3, 0.4) is 0 Å². The molecule has 2 heterocycles. The molecule has 0 spiro atoms. The molecule has 2 aliphatic heterocycles. The number of halogens is 1. The van der Waals surface area contributed by atoms with Gasteiger partial charge in [-0.3, -0.25) is 4.90 Å². The molecule has 0 radical (unpaired) electrons. The van der Waals surface area contributed by atoms with Crippen molar-refractivity contribution in [2.24, 2.45) is 0 Å². The zero-order valence-electron chi connectivity index (χ0n) is 8.76. The second-order valence-corrected chi connectivity index (χ2v) is 4.47. The van der Waals surface area contributed by atoms with Gasteiger partial charge < -0.3 is 4.74 Å². The molecular formula is C11H18FNO. The predicted molar refractivity (Wildman–Crippen MR) is 54.1 cm³/mol. The molecule has 2 fully saturated rings. The molecule has 0 aromatic heterocycles. The first kappa shape index (κ1) is 10.1. The van der Waals surface area contributed by atoms with Gasteiger partial charge in [0.1, 0.15) is 6.17 Å². The van der Waals surface area contributed by atoms with Gasteiger partial charge in [-0.15, -0.1) is 0 Å². The smallest absolute Gasteiger partial charge is 0.115 e. The summed E-state index contributed by atoms with van der Waals surface area (Å²) in [4.78, 5) is 2.20. The van der Waals surface area contributed by atoms with Gasteiger partial charge in [0.25, 0.3) is 0 Å². The third-order valence-corrected chi connectivity index (χ3v) is 3.26. The van der Waals surface area contributed by atoms with Gasteiger partial charge in [0, 0.05) is 26.1 Å². The Labute approximate surface area is 84.7 Å². The first-order valence-electron chi connectivity index (χ1n) is 5.30. The summed E-state index contributed by atoms with van der Waals surface area (Å²) in [5.41, 5.74) is 1.16. The molecule has 2 aliphatic rings. The van der Waals surface area contributed by atoms with Crippen LogP contribution in [0.4, 0.5) is 4.39 Å². The van der Waals surface area contributed by atoms with Crippen molar-refractivity contribution in [2.45, 2.75) is 31.5 Å². The summed E-state index contributed by atoms with van der Waals surface area (Å²) in [6.45, 7) is 8.75.